The van der Waals surface area contributed by atoms with Gasteiger partial charge in [0, 0.05) is 49.0 Å². The van der Waals surface area contributed by atoms with Crippen LogP contribution in [0.2, 0.25) is 0 Å². The van der Waals surface area contributed by atoms with E-state index in [0.717, 1.165) is 17.9 Å². The highest BCUT2D eigenvalue weighted by molar-refractivity contribution is 7.89. The Morgan fingerprint density at radius 3 is 2.50 bits per heavy atom. The maximum atomic E-state index is 12.6. The van der Waals surface area contributed by atoms with Gasteiger partial charge in [0.05, 0.1) is 5.92 Å². The van der Waals surface area contributed by atoms with E-state index in [-0.39, 0.29) is 30.4 Å². The summed E-state index contributed by atoms with van der Waals surface area (Å²) in [7, 11) is -3.62. The first-order valence-corrected chi connectivity index (χ1v) is 11.5. The molecule has 1 aliphatic heterocycles. The lowest BCUT2D eigenvalue weighted by atomic mass is 9.98. The topological polar surface area (TPSA) is 98.6 Å². The summed E-state index contributed by atoms with van der Waals surface area (Å²) in [6, 6.07) is 4.90. The van der Waals surface area contributed by atoms with Gasteiger partial charge in [0.1, 0.15) is 4.90 Å². The maximum absolute atomic E-state index is 12.6. The highest BCUT2D eigenvalue weighted by atomic mass is 32.2. The van der Waals surface area contributed by atoms with Crippen LogP contribution in [-0.4, -0.2) is 53.7 Å². The molecule has 1 aliphatic rings. The van der Waals surface area contributed by atoms with E-state index in [4.69, 9.17) is 4.74 Å². The average Bonchev–Trinajstić information content (AvgIpc) is 3.05. The number of aromatic nitrogens is 2. The lowest BCUT2D eigenvalue weighted by molar-refractivity contribution is -0.148. The number of carbonyl (C=O) groups is 2. The Bertz CT molecular complexity index is 1020. The third kappa shape index (κ3) is 4.46. The molecule has 8 nitrogen and oxygen atoms in total. The Labute approximate surface area is 176 Å². The fourth-order valence-corrected chi connectivity index (χ4v) is 5.32. The predicted molar refractivity (Wildman–Crippen MR) is 111 cm³/mol. The number of sulfonamides is 1. The highest BCUT2D eigenvalue weighted by Crippen LogP contribution is 2.24. The zero-order valence-electron chi connectivity index (χ0n) is 17.5. The molecule has 0 spiro atoms. The largest absolute Gasteiger partial charge is 0.457 e. The molecular formula is C21H27N3O5S. The molecular weight excluding hydrogens is 406 g/mol. The molecule has 2 aromatic heterocycles. The van der Waals surface area contributed by atoms with Gasteiger partial charge in [0.25, 0.3) is 0 Å². The first-order valence-electron chi connectivity index (χ1n) is 10.0. The molecule has 1 saturated heterocycles. The maximum Gasteiger partial charge on any atom is 0.309 e. The summed E-state index contributed by atoms with van der Waals surface area (Å²) in [4.78, 5) is 28.9. The number of aryl methyl sites for hydroxylation is 1. The van der Waals surface area contributed by atoms with Crippen LogP contribution in [0.15, 0.2) is 35.5 Å². The summed E-state index contributed by atoms with van der Waals surface area (Å²) in [5.41, 5.74) is 2.43. The van der Waals surface area contributed by atoms with Crippen molar-refractivity contribution in [3.63, 3.8) is 0 Å². The Hall–Kier alpha value is -2.52. The zero-order chi connectivity index (χ0) is 21.9. The van der Waals surface area contributed by atoms with Crippen LogP contribution >= 0.6 is 0 Å². The molecule has 3 heterocycles. The van der Waals surface area contributed by atoms with Crippen molar-refractivity contribution in [1.29, 1.82) is 0 Å². The number of piperidine rings is 1. The van der Waals surface area contributed by atoms with E-state index >= 15 is 0 Å². The van der Waals surface area contributed by atoms with Crippen LogP contribution in [0.25, 0.3) is 0 Å². The molecule has 0 saturated carbocycles. The van der Waals surface area contributed by atoms with Crippen molar-refractivity contribution in [2.24, 2.45) is 5.92 Å². The number of rotatable bonds is 7. The molecule has 2 aromatic rings. The minimum atomic E-state index is -3.62. The summed E-state index contributed by atoms with van der Waals surface area (Å²) >= 11 is 0. The second-order valence-electron chi connectivity index (χ2n) is 7.43. The van der Waals surface area contributed by atoms with Gasteiger partial charge in [0.15, 0.2) is 6.61 Å². The number of nitrogens with zero attached hydrogens (tertiary/aromatic N) is 3. The Morgan fingerprint density at radius 1 is 1.23 bits per heavy atom. The van der Waals surface area contributed by atoms with Crippen LogP contribution in [-0.2, 0) is 26.1 Å². The zero-order valence-corrected chi connectivity index (χ0v) is 18.3. The van der Waals surface area contributed by atoms with Crippen molar-refractivity contribution >= 4 is 21.8 Å². The molecule has 9 heteroatoms. The van der Waals surface area contributed by atoms with Crippen molar-refractivity contribution in [2.45, 2.75) is 45.1 Å². The van der Waals surface area contributed by atoms with Crippen LogP contribution in [0, 0.1) is 19.8 Å². The fourth-order valence-electron chi connectivity index (χ4n) is 3.88. The smallest absolute Gasteiger partial charge is 0.309 e. The van der Waals surface area contributed by atoms with Gasteiger partial charge in [-0.2, -0.15) is 4.31 Å². The lowest BCUT2D eigenvalue weighted by Crippen LogP contribution is -2.40. The monoisotopic (exact) mass is 433 g/mol. The first-order chi connectivity index (χ1) is 14.3. The minimum absolute atomic E-state index is 0.140. The van der Waals surface area contributed by atoms with Crippen LogP contribution < -0.4 is 0 Å². The first kappa shape index (κ1) is 22.2. The minimum Gasteiger partial charge on any atom is -0.457 e. The molecule has 0 amide bonds. The van der Waals surface area contributed by atoms with Gasteiger partial charge in [-0.15, -0.1) is 0 Å². The number of pyridine rings is 1. The number of hydrogen-bond acceptors (Lipinski definition) is 6. The van der Waals surface area contributed by atoms with Crippen molar-refractivity contribution in [3.8, 4) is 0 Å². The summed E-state index contributed by atoms with van der Waals surface area (Å²) in [5, 5.41) is 0. The van der Waals surface area contributed by atoms with E-state index in [1.165, 1.54) is 22.8 Å². The normalized spacial score (nSPS) is 15.8. The lowest BCUT2D eigenvalue weighted by Gasteiger charge is -2.29. The van der Waals surface area contributed by atoms with E-state index in [1.807, 2.05) is 31.4 Å². The van der Waals surface area contributed by atoms with E-state index < -0.39 is 21.9 Å². The summed E-state index contributed by atoms with van der Waals surface area (Å²) < 4.78 is 33.9. The molecule has 3 rings (SSSR count). The van der Waals surface area contributed by atoms with Crippen molar-refractivity contribution in [2.75, 3.05) is 19.7 Å². The van der Waals surface area contributed by atoms with Crippen LogP contribution in [0.4, 0.5) is 0 Å². The van der Waals surface area contributed by atoms with Gasteiger partial charge in [-0.05, 0) is 51.8 Å². The van der Waals surface area contributed by atoms with Gasteiger partial charge in [0.2, 0.25) is 15.8 Å². The van der Waals surface area contributed by atoms with Crippen molar-refractivity contribution in [1.82, 2.24) is 13.9 Å². The number of carbonyl (C=O) groups excluding carboxylic acids is 2. The number of ether oxygens (including phenoxy) is 1. The molecule has 0 aliphatic carbocycles. The second kappa shape index (κ2) is 9.09. The Balaban J connectivity index is 1.54. The number of esters is 1. The quantitative estimate of drug-likeness (QED) is 0.491. The SMILES string of the molecule is CCn1c(C)cc(C(=O)COC(=O)C2CCN(S(=O)(=O)c3cccnc3)CC2)c1C. The number of ketones is 1. The number of hydrogen-bond donors (Lipinski definition) is 0. The summed E-state index contributed by atoms with van der Waals surface area (Å²) in [6.45, 7) is 6.74. The molecule has 0 atom stereocenters. The summed E-state index contributed by atoms with van der Waals surface area (Å²) in [6.07, 6.45) is 3.55. The van der Waals surface area contributed by atoms with E-state index in [2.05, 4.69) is 4.98 Å². The molecule has 162 valence electrons. The van der Waals surface area contributed by atoms with Crippen molar-refractivity contribution in [3.05, 3.63) is 47.5 Å². The van der Waals surface area contributed by atoms with Crippen LogP contribution in [0.5, 0.6) is 0 Å². The molecule has 0 unspecified atom stereocenters. The van der Waals surface area contributed by atoms with Gasteiger partial charge in [-0.3, -0.25) is 14.6 Å². The third-order valence-corrected chi connectivity index (χ3v) is 7.48. The average molecular weight is 434 g/mol. The van der Waals surface area contributed by atoms with Gasteiger partial charge < -0.3 is 9.30 Å². The van der Waals surface area contributed by atoms with Crippen molar-refractivity contribution < 1.29 is 22.7 Å². The predicted octanol–water partition coefficient (Wildman–Crippen LogP) is 2.35. The molecule has 30 heavy (non-hydrogen) atoms. The Morgan fingerprint density at radius 2 is 1.93 bits per heavy atom. The molecule has 0 bridgehead atoms. The number of Topliss-reactive ketones (excluding diaryl/α,β-unsaturated/α-hetero) is 1. The Kier molecular flexibility index (Phi) is 6.72. The van der Waals surface area contributed by atoms with Crippen LogP contribution in [0.1, 0.15) is 41.5 Å². The standard InChI is InChI=1S/C21H27N3O5S/c1-4-24-15(2)12-19(16(24)3)20(25)14-29-21(26)17-7-10-23(11-8-17)30(27,28)18-6-5-9-22-13-18/h5-6,9,12-13,17H,4,7-8,10-11,14H2,1-3H3. The molecule has 1 fully saturated rings. The van der Waals surface area contributed by atoms with Crippen LogP contribution in [0.3, 0.4) is 0 Å². The van der Waals surface area contributed by atoms with Gasteiger partial charge in [-0.25, -0.2) is 8.42 Å². The summed E-state index contributed by atoms with van der Waals surface area (Å²) in [5.74, 6) is -1.10. The third-order valence-electron chi connectivity index (χ3n) is 5.60. The van der Waals surface area contributed by atoms with Gasteiger partial charge in [-0.1, -0.05) is 0 Å². The van der Waals surface area contributed by atoms with E-state index in [0.29, 0.717) is 18.4 Å². The molecule has 0 N–H and O–H groups in total. The molecule has 0 radical (unpaired) electrons. The molecule has 0 aromatic carbocycles. The van der Waals surface area contributed by atoms with Gasteiger partial charge >= 0.3 is 5.97 Å². The second-order valence-corrected chi connectivity index (χ2v) is 9.36. The van der Waals surface area contributed by atoms with E-state index in [9.17, 15) is 18.0 Å². The highest BCUT2D eigenvalue weighted by Gasteiger charge is 2.33. The fraction of sp³-hybridized carbons (Fsp3) is 0.476. The van der Waals surface area contributed by atoms with E-state index in [1.54, 1.807) is 6.07 Å².